The van der Waals surface area contributed by atoms with Crippen LogP contribution in [0, 0.1) is 0 Å². The number of benzene rings is 2. The van der Waals surface area contributed by atoms with E-state index in [4.69, 9.17) is 35.3 Å². The third-order valence-corrected chi connectivity index (χ3v) is 4.87. The maximum atomic E-state index is 12.6. The van der Waals surface area contributed by atoms with Gasteiger partial charge in [0, 0.05) is 6.07 Å². The van der Waals surface area contributed by atoms with E-state index in [1.54, 1.807) is 37.5 Å². The molecule has 3 aromatic rings. The van der Waals surface area contributed by atoms with E-state index in [9.17, 15) is 4.79 Å². The van der Waals surface area contributed by atoms with Crippen molar-refractivity contribution in [1.29, 1.82) is 0 Å². The second-order valence-electron chi connectivity index (χ2n) is 6.38. The van der Waals surface area contributed by atoms with Crippen molar-refractivity contribution in [1.82, 2.24) is 9.97 Å². The molecule has 1 aliphatic heterocycles. The average molecular weight is 431 g/mol. The summed E-state index contributed by atoms with van der Waals surface area (Å²) >= 11 is 6.48. The monoisotopic (exact) mass is 430 g/mol. The first-order valence-corrected chi connectivity index (χ1v) is 9.43. The number of H-pyrrole nitrogens is 1. The molecule has 2 aromatic carbocycles. The molecule has 30 heavy (non-hydrogen) atoms. The summed E-state index contributed by atoms with van der Waals surface area (Å²) in [6, 6.07) is 6.76. The summed E-state index contributed by atoms with van der Waals surface area (Å²) < 4.78 is 27.2. The van der Waals surface area contributed by atoms with Gasteiger partial charge < -0.3 is 28.7 Å². The summed E-state index contributed by atoms with van der Waals surface area (Å²) in [7, 11) is 4.56. The first-order chi connectivity index (χ1) is 14.5. The van der Waals surface area contributed by atoms with E-state index in [0.717, 1.165) is 0 Å². The van der Waals surface area contributed by atoms with E-state index in [2.05, 4.69) is 9.97 Å². The Bertz CT molecular complexity index is 1190. The third kappa shape index (κ3) is 3.61. The van der Waals surface area contributed by atoms with Crippen molar-refractivity contribution in [2.45, 2.75) is 0 Å². The van der Waals surface area contributed by atoms with Gasteiger partial charge in [-0.1, -0.05) is 11.6 Å². The van der Waals surface area contributed by atoms with Crippen LogP contribution in [0.4, 0.5) is 0 Å². The highest BCUT2D eigenvalue weighted by atomic mass is 35.5. The minimum absolute atomic E-state index is 0.218. The molecule has 0 bridgehead atoms. The van der Waals surface area contributed by atoms with Gasteiger partial charge in [-0.05, 0) is 29.8 Å². The van der Waals surface area contributed by atoms with Crippen molar-refractivity contribution in [3.05, 3.63) is 46.0 Å². The summed E-state index contributed by atoms with van der Waals surface area (Å²) in [5, 5.41) is 0.601. The van der Waals surface area contributed by atoms with Gasteiger partial charge >= 0.3 is 0 Å². The Balaban J connectivity index is 1.78. The molecule has 1 aromatic heterocycles. The number of rotatable bonds is 5. The number of ether oxygens (including phenoxy) is 5. The van der Waals surface area contributed by atoms with E-state index in [1.807, 2.05) is 0 Å². The van der Waals surface area contributed by atoms with Crippen LogP contribution in [-0.4, -0.2) is 44.5 Å². The molecule has 0 aliphatic carbocycles. The van der Waals surface area contributed by atoms with Crippen molar-refractivity contribution in [3.8, 4) is 28.7 Å². The molecule has 0 fully saturated rings. The molecule has 156 valence electrons. The van der Waals surface area contributed by atoms with E-state index in [-0.39, 0.29) is 16.4 Å². The minimum Gasteiger partial charge on any atom is -0.493 e. The smallest absolute Gasteiger partial charge is 0.259 e. The van der Waals surface area contributed by atoms with Crippen LogP contribution in [0.5, 0.6) is 28.7 Å². The highest BCUT2D eigenvalue weighted by Gasteiger charge is 2.18. The van der Waals surface area contributed by atoms with Gasteiger partial charge in [0.25, 0.3) is 5.56 Å². The largest absolute Gasteiger partial charge is 0.493 e. The predicted molar refractivity (Wildman–Crippen MR) is 113 cm³/mol. The second-order valence-corrected chi connectivity index (χ2v) is 6.79. The molecule has 8 nitrogen and oxygen atoms in total. The van der Waals surface area contributed by atoms with Gasteiger partial charge in [0.2, 0.25) is 5.75 Å². The van der Waals surface area contributed by atoms with Crippen molar-refractivity contribution >= 4 is 33.6 Å². The van der Waals surface area contributed by atoms with Gasteiger partial charge in [-0.25, -0.2) is 4.98 Å². The fraction of sp³-hybridized carbons (Fsp3) is 0.238. The van der Waals surface area contributed by atoms with Crippen molar-refractivity contribution in [2.75, 3.05) is 34.5 Å². The lowest BCUT2D eigenvalue weighted by Crippen LogP contribution is -2.16. The minimum atomic E-state index is -0.345. The predicted octanol–water partition coefficient (Wildman–Crippen LogP) is 3.46. The number of hydrogen-bond donors (Lipinski definition) is 1. The standard InChI is InChI=1S/C21H19ClN2O6/c1-26-15-9-12-14(10-16(15)27-2)23-20(24-21(12)25)13(22)6-11-7-17(28-3)19-18(8-11)29-4-5-30-19/h6-10H,4-5H2,1-3H3,(H,23,24,25)/b13-6-. The Morgan fingerprint density at radius 1 is 1.03 bits per heavy atom. The average Bonchev–Trinajstić information content (AvgIpc) is 2.77. The number of hydrogen-bond acceptors (Lipinski definition) is 7. The van der Waals surface area contributed by atoms with E-state index >= 15 is 0 Å². The molecule has 0 saturated carbocycles. The first-order valence-electron chi connectivity index (χ1n) is 9.05. The summed E-state index contributed by atoms with van der Waals surface area (Å²) in [6.45, 7) is 0.900. The van der Waals surface area contributed by atoms with Crippen LogP contribution >= 0.6 is 11.6 Å². The Kier molecular flexibility index (Phi) is 5.41. The van der Waals surface area contributed by atoms with Crippen LogP contribution in [-0.2, 0) is 0 Å². The number of nitrogens with one attached hydrogen (secondary N) is 1. The maximum Gasteiger partial charge on any atom is 0.259 e. The van der Waals surface area contributed by atoms with Gasteiger partial charge in [-0.3, -0.25) is 4.79 Å². The molecule has 0 atom stereocenters. The van der Waals surface area contributed by atoms with Gasteiger partial charge in [-0.15, -0.1) is 0 Å². The van der Waals surface area contributed by atoms with Crippen LogP contribution in [0.15, 0.2) is 29.1 Å². The van der Waals surface area contributed by atoms with Crippen LogP contribution in [0.3, 0.4) is 0 Å². The zero-order valence-electron chi connectivity index (χ0n) is 16.6. The van der Waals surface area contributed by atoms with Crippen LogP contribution < -0.4 is 29.2 Å². The molecule has 0 unspecified atom stereocenters. The highest BCUT2D eigenvalue weighted by molar-refractivity contribution is 6.50. The molecule has 0 spiro atoms. The van der Waals surface area contributed by atoms with Gasteiger partial charge in [0.05, 0.1) is 37.3 Å². The number of aromatic nitrogens is 2. The van der Waals surface area contributed by atoms with Crippen molar-refractivity contribution in [3.63, 3.8) is 0 Å². The summed E-state index contributed by atoms with van der Waals surface area (Å²) in [5.41, 5.74) is 0.788. The SMILES string of the molecule is COc1cc2nc(/C(Cl)=C/c3cc(OC)c4c(c3)OCCO4)[nH]c(=O)c2cc1OC. The summed E-state index contributed by atoms with van der Waals surface area (Å²) in [4.78, 5) is 19.7. The molecule has 0 amide bonds. The topological polar surface area (TPSA) is 91.9 Å². The number of methoxy groups -OCH3 is 3. The molecular weight excluding hydrogens is 412 g/mol. The number of nitrogens with zero attached hydrogens (tertiary/aromatic N) is 1. The lowest BCUT2D eigenvalue weighted by atomic mass is 10.1. The summed E-state index contributed by atoms with van der Waals surface area (Å²) in [5.74, 6) is 2.76. The first kappa shape index (κ1) is 19.9. The van der Waals surface area contributed by atoms with E-state index < -0.39 is 0 Å². The third-order valence-electron chi connectivity index (χ3n) is 4.58. The molecule has 0 saturated heterocycles. The molecule has 1 N–H and O–H groups in total. The fourth-order valence-electron chi connectivity index (χ4n) is 3.17. The normalized spacial score (nSPS) is 13.3. The number of halogens is 1. The molecule has 9 heteroatoms. The van der Waals surface area contributed by atoms with Crippen LogP contribution in [0.1, 0.15) is 11.4 Å². The Hall–Kier alpha value is -3.39. The molecule has 4 rings (SSSR count). The van der Waals surface area contributed by atoms with Crippen molar-refractivity contribution < 1.29 is 23.7 Å². The number of fused-ring (bicyclic) bond motifs is 2. The van der Waals surface area contributed by atoms with Gasteiger partial charge in [0.1, 0.15) is 13.2 Å². The molecule has 1 aliphatic rings. The van der Waals surface area contributed by atoms with Crippen molar-refractivity contribution in [2.24, 2.45) is 0 Å². The highest BCUT2D eigenvalue weighted by Crippen LogP contribution is 2.41. The van der Waals surface area contributed by atoms with E-state index in [1.165, 1.54) is 14.2 Å². The molecular formula is C21H19ClN2O6. The number of aromatic amines is 1. The van der Waals surface area contributed by atoms with Crippen LogP contribution in [0.25, 0.3) is 22.0 Å². The molecule has 0 radical (unpaired) electrons. The Morgan fingerprint density at radius 2 is 1.73 bits per heavy atom. The lowest BCUT2D eigenvalue weighted by Gasteiger charge is -2.21. The second kappa shape index (κ2) is 8.16. The van der Waals surface area contributed by atoms with Gasteiger partial charge in [-0.2, -0.15) is 0 Å². The zero-order valence-corrected chi connectivity index (χ0v) is 17.3. The maximum absolute atomic E-state index is 12.6. The Morgan fingerprint density at radius 3 is 2.47 bits per heavy atom. The van der Waals surface area contributed by atoms with Gasteiger partial charge in [0.15, 0.2) is 28.8 Å². The molecule has 2 heterocycles. The quantitative estimate of drug-likeness (QED) is 0.662. The fourth-order valence-corrected chi connectivity index (χ4v) is 3.39. The summed E-state index contributed by atoms with van der Waals surface area (Å²) in [6.07, 6.45) is 1.66. The Labute approximate surface area is 177 Å². The zero-order chi connectivity index (χ0) is 21.3. The van der Waals surface area contributed by atoms with Crippen LogP contribution in [0.2, 0.25) is 0 Å². The lowest BCUT2D eigenvalue weighted by molar-refractivity contribution is 0.165. The van der Waals surface area contributed by atoms with E-state index in [0.29, 0.717) is 58.4 Å².